The number of nitrogens with zero attached hydrogens (tertiary/aromatic N) is 1. The van der Waals surface area contributed by atoms with E-state index < -0.39 is 0 Å². The molecule has 0 fully saturated rings. The molecule has 1 aromatic heterocycles. The van der Waals surface area contributed by atoms with E-state index in [1.54, 1.807) is 5.51 Å². The van der Waals surface area contributed by atoms with E-state index in [-0.39, 0.29) is 11.3 Å². The largest absolute Gasteiger partial charge is 0.355 e. The van der Waals surface area contributed by atoms with Crippen molar-refractivity contribution in [2.75, 3.05) is 6.54 Å². The van der Waals surface area contributed by atoms with Gasteiger partial charge in [0.1, 0.15) is 0 Å². The van der Waals surface area contributed by atoms with E-state index in [2.05, 4.69) is 36.3 Å². The van der Waals surface area contributed by atoms with Gasteiger partial charge in [-0.15, -0.1) is 11.3 Å². The molecule has 19 heavy (non-hydrogen) atoms. The Morgan fingerprint density at radius 2 is 2.05 bits per heavy atom. The lowest BCUT2D eigenvalue weighted by atomic mass is 9.84. The van der Waals surface area contributed by atoms with E-state index in [1.807, 2.05) is 23.6 Å². The second-order valence-electron chi connectivity index (χ2n) is 5.18. The molecule has 1 amide bonds. The van der Waals surface area contributed by atoms with Gasteiger partial charge in [0.2, 0.25) is 5.91 Å². The molecule has 0 aliphatic carbocycles. The maximum atomic E-state index is 11.8. The second-order valence-corrected chi connectivity index (χ2v) is 5.90. The van der Waals surface area contributed by atoms with E-state index in [0.717, 1.165) is 5.69 Å². The van der Waals surface area contributed by atoms with Crippen LogP contribution in [0.15, 0.2) is 41.2 Å². The fourth-order valence-electron chi connectivity index (χ4n) is 1.86. The lowest BCUT2D eigenvalue weighted by Gasteiger charge is -2.25. The van der Waals surface area contributed by atoms with Crippen LogP contribution < -0.4 is 5.32 Å². The third kappa shape index (κ3) is 3.89. The van der Waals surface area contributed by atoms with Crippen molar-refractivity contribution in [1.82, 2.24) is 10.3 Å². The molecule has 0 aliphatic heterocycles. The molecule has 1 heterocycles. The second kappa shape index (κ2) is 5.97. The number of hydrogen-bond acceptors (Lipinski definition) is 3. The Balaban J connectivity index is 1.89. The number of carbonyl (C=O) groups excluding carboxylic acids is 1. The van der Waals surface area contributed by atoms with Crippen LogP contribution in [-0.2, 0) is 16.6 Å². The topological polar surface area (TPSA) is 42.0 Å². The van der Waals surface area contributed by atoms with Crippen LogP contribution in [0.5, 0.6) is 0 Å². The van der Waals surface area contributed by atoms with Gasteiger partial charge in [0, 0.05) is 17.3 Å². The molecule has 0 unspecified atom stereocenters. The highest BCUT2D eigenvalue weighted by Gasteiger charge is 2.21. The first-order valence-electron chi connectivity index (χ1n) is 6.27. The fourth-order valence-corrected chi connectivity index (χ4v) is 2.42. The Labute approximate surface area is 117 Å². The molecule has 2 aromatic rings. The van der Waals surface area contributed by atoms with Crippen LogP contribution in [0.3, 0.4) is 0 Å². The summed E-state index contributed by atoms with van der Waals surface area (Å²) >= 11 is 1.51. The summed E-state index contributed by atoms with van der Waals surface area (Å²) in [5, 5.41) is 4.89. The van der Waals surface area contributed by atoms with Crippen molar-refractivity contribution in [2.45, 2.75) is 25.7 Å². The van der Waals surface area contributed by atoms with Crippen LogP contribution in [-0.4, -0.2) is 17.4 Å². The average molecular weight is 274 g/mol. The Bertz CT molecular complexity index is 520. The van der Waals surface area contributed by atoms with Gasteiger partial charge in [0.25, 0.3) is 0 Å². The number of nitrogens with one attached hydrogen (secondary N) is 1. The number of amides is 1. The molecule has 0 saturated carbocycles. The molecule has 100 valence electrons. The van der Waals surface area contributed by atoms with Gasteiger partial charge < -0.3 is 5.32 Å². The molecule has 4 heteroatoms. The Morgan fingerprint density at radius 1 is 1.32 bits per heavy atom. The van der Waals surface area contributed by atoms with Crippen molar-refractivity contribution in [1.29, 1.82) is 0 Å². The average Bonchev–Trinajstić information content (AvgIpc) is 2.90. The van der Waals surface area contributed by atoms with E-state index in [1.165, 1.54) is 16.9 Å². The van der Waals surface area contributed by atoms with Crippen LogP contribution in [0.1, 0.15) is 25.1 Å². The predicted molar refractivity (Wildman–Crippen MR) is 78.3 cm³/mol. The molecular formula is C15H18N2OS. The van der Waals surface area contributed by atoms with Gasteiger partial charge in [0.05, 0.1) is 17.6 Å². The third-order valence-electron chi connectivity index (χ3n) is 3.11. The summed E-state index contributed by atoms with van der Waals surface area (Å²) in [6.07, 6.45) is 0.356. The molecule has 0 atom stereocenters. The molecule has 0 bridgehead atoms. The SMILES string of the molecule is CC(C)(CNC(=O)Cc1cscn1)c1ccccc1. The molecule has 0 radical (unpaired) electrons. The van der Waals surface area contributed by atoms with Gasteiger partial charge in [-0.2, -0.15) is 0 Å². The van der Waals surface area contributed by atoms with Crippen molar-refractivity contribution in [3.63, 3.8) is 0 Å². The highest BCUT2D eigenvalue weighted by Crippen LogP contribution is 2.21. The van der Waals surface area contributed by atoms with Crippen LogP contribution in [0.25, 0.3) is 0 Å². The first-order valence-corrected chi connectivity index (χ1v) is 7.21. The van der Waals surface area contributed by atoms with Gasteiger partial charge in [-0.05, 0) is 5.56 Å². The number of benzene rings is 1. The number of hydrogen-bond donors (Lipinski definition) is 1. The van der Waals surface area contributed by atoms with Crippen LogP contribution in [0.2, 0.25) is 0 Å². The summed E-state index contributed by atoms with van der Waals surface area (Å²) in [6, 6.07) is 10.2. The van der Waals surface area contributed by atoms with Crippen molar-refractivity contribution in [2.24, 2.45) is 0 Å². The maximum absolute atomic E-state index is 11.8. The minimum absolute atomic E-state index is 0.0231. The highest BCUT2D eigenvalue weighted by atomic mass is 32.1. The van der Waals surface area contributed by atoms with Crippen LogP contribution in [0, 0.1) is 0 Å². The lowest BCUT2D eigenvalue weighted by molar-refractivity contribution is -0.120. The van der Waals surface area contributed by atoms with Crippen molar-refractivity contribution in [3.05, 3.63) is 52.5 Å². The van der Waals surface area contributed by atoms with Gasteiger partial charge in [-0.25, -0.2) is 4.98 Å². The zero-order chi connectivity index (χ0) is 13.7. The number of carbonyl (C=O) groups is 1. The van der Waals surface area contributed by atoms with Gasteiger partial charge >= 0.3 is 0 Å². The Hall–Kier alpha value is -1.68. The van der Waals surface area contributed by atoms with E-state index in [0.29, 0.717) is 13.0 Å². The lowest BCUT2D eigenvalue weighted by Crippen LogP contribution is -2.37. The normalized spacial score (nSPS) is 11.3. The molecule has 1 N–H and O–H groups in total. The van der Waals surface area contributed by atoms with Gasteiger partial charge in [-0.3, -0.25) is 4.79 Å². The van der Waals surface area contributed by atoms with E-state index in [9.17, 15) is 4.79 Å². The van der Waals surface area contributed by atoms with Crippen LogP contribution >= 0.6 is 11.3 Å². The molecule has 0 spiro atoms. The minimum Gasteiger partial charge on any atom is -0.355 e. The number of thiazole rings is 1. The maximum Gasteiger partial charge on any atom is 0.226 e. The number of rotatable bonds is 5. The first kappa shape index (κ1) is 13.7. The summed E-state index contributed by atoms with van der Waals surface area (Å²) in [4.78, 5) is 16.0. The van der Waals surface area contributed by atoms with Gasteiger partial charge in [-0.1, -0.05) is 44.2 Å². The first-order chi connectivity index (χ1) is 9.08. The van der Waals surface area contributed by atoms with Crippen molar-refractivity contribution < 1.29 is 4.79 Å². The third-order valence-corrected chi connectivity index (χ3v) is 3.74. The van der Waals surface area contributed by atoms with E-state index in [4.69, 9.17) is 0 Å². The molecule has 1 aromatic carbocycles. The predicted octanol–water partition coefficient (Wildman–Crippen LogP) is 2.78. The van der Waals surface area contributed by atoms with Crippen LogP contribution in [0.4, 0.5) is 0 Å². The zero-order valence-corrected chi connectivity index (χ0v) is 12.0. The minimum atomic E-state index is -0.0704. The smallest absolute Gasteiger partial charge is 0.226 e. The fraction of sp³-hybridized carbons (Fsp3) is 0.333. The molecule has 0 saturated heterocycles. The summed E-state index contributed by atoms with van der Waals surface area (Å²) in [6.45, 7) is 4.89. The van der Waals surface area contributed by atoms with Crippen molar-refractivity contribution in [3.8, 4) is 0 Å². The van der Waals surface area contributed by atoms with Crippen molar-refractivity contribution >= 4 is 17.2 Å². The highest BCUT2D eigenvalue weighted by molar-refractivity contribution is 7.07. The summed E-state index contributed by atoms with van der Waals surface area (Å²) in [5.41, 5.74) is 3.74. The van der Waals surface area contributed by atoms with E-state index >= 15 is 0 Å². The quantitative estimate of drug-likeness (QED) is 0.911. The Morgan fingerprint density at radius 3 is 2.68 bits per heavy atom. The Kier molecular flexibility index (Phi) is 4.32. The zero-order valence-electron chi connectivity index (χ0n) is 11.2. The summed E-state index contributed by atoms with van der Waals surface area (Å²) in [7, 11) is 0. The summed E-state index contributed by atoms with van der Waals surface area (Å²) < 4.78 is 0. The molecule has 0 aliphatic rings. The standard InChI is InChI=1S/C15H18N2OS/c1-15(2,12-6-4-3-5-7-12)10-16-14(18)8-13-9-19-11-17-13/h3-7,9,11H,8,10H2,1-2H3,(H,16,18). The van der Waals surface area contributed by atoms with Gasteiger partial charge in [0.15, 0.2) is 0 Å². The molecule has 3 nitrogen and oxygen atoms in total. The molecule has 2 rings (SSSR count). The number of aromatic nitrogens is 1. The summed E-state index contributed by atoms with van der Waals surface area (Å²) in [5.74, 6) is 0.0231. The molecular weight excluding hydrogens is 256 g/mol. The monoisotopic (exact) mass is 274 g/mol.